The third-order valence-corrected chi connectivity index (χ3v) is 5.11. The molecule has 1 saturated carbocycles. The Labute approximate surface area is 126 Å². The van der Waals surface area contributed by atoms with E-state index in [4.69, 9.17) is 17.3 Å². The van der Waals surface area contributed by atoms with Crippen molar-refractivity contribution >= 4 is 11.6 Å². The van der Waals surface area contributed by atoms with Crippen LogP contribution in [0.1, 0.15) is 51.0 Å². The Morgan fingerprint density at radius 3 is 2.60 bits per heavy atom. The molecule has 112 valence electrons. The highest BCUT2D eigenvalue weighted by atomic mass is 35.5. The van der Waals surface area contributed by atoms with E-state index in [0.29, 0.717) is 11.6 Å². The molecule has 1 aliphatic carbocycles. The van der Waals surface area contributed by atoms with Gasteiger partial charge in [-0.15, -0.1) is 0 Å². The largest absolute Gasteiger partial charge is 0.330 e. The van der Waals surface area contributed by atoms with E-state index in [2.05, 4.69) is 6.92 Å². The Balaban J connectivity index is 2.05. The van der Waals surface area contributed by atoms with Crippen molar-refractivity contribution in [1.29, 1.82) is 0 Å². The summed E-state index contributed by atoms with van der Waals surface area (Å²) < 4.78 is 14.0. The first-order chi connectivity index (χ1) is 9.58. The molecule has 20 heavy (non-hydrogen) atoms. The number of nitrogens with two attached hydrogens (primary N) is 1. The van der Waals surface area contributed by atoms with Crippen LogP contribution in [-0.4, -0.2) is 6.54 Å². The number of halogens is 2. The van der Waals surface area contributed by atoms with Crippen molar-refractivity contribution in [1.82, 2.24) is 0 Å². The highest BCUT2D eigenvalue weighted by molar-refractivity contribution is 6.30. The molecule has 2 rings (SSSR count). The van der Waals surface area contributed by atoms with E-state index in [1.54, 1.807) is 6.07 Å². The molecule has 0 bridgehead atoms. The molecule has 1 aromatic rings. The first-order valence-electron chi connectivity index (χ1n) is 7.72. The second-order valence-corrected chi connectivity index (χ2v) is 6.79. The Morgan fingerprint density at radius 1 is 1.35 bits per heavy atom. The molecule has 1 aliphatic rings. The minimum atomic E-state index is -0.194. The van der Waals surface area contributed by atoms with Crippen molar-refractivity contribution in [2.45, 2.75) is 51.9 Å². The van der Waals surface area contributed by atoms with Gasteiger partial charge in [-0.2, -0.15) is 0 Å². The maximum Gasteiger partial charge on any atom is 0.127 e. The van der Waals surface area contributed by atoms with Crippen LogP contribution in [0.25, 0.3) is 0 Å². The molecule has 1 nitrogen and oxygen atoms in total. The average Bonchev–Trinajstić information content (AvgIpc) is 2.45. The lowest BCUT2D eigenvalue weighted by Gasteiger charge is -2.40. The van der Waals surface area contributed by atoms with Crippen LogP contribution in [0.5, 0.6) is 0 Å². The number of benzene rings is 1. The van der Waals surface area contributed by atoms with Crippen LogP contribution in [0.2, 0.25) is 5.02 Å². The van der Waals surface area contributed by atoms with Crippen LogP contribution >= 0.6 is 11.6 Å². The molecule has 1 fully saturated rings. The lowest BCUT2D eigenvalue weighted by atomic mass is 9.67. The van der Waals surface area contributed by atoms with Crippen molar-refractivity contribution in [3.8, 4) is 0 Å². The summed E-state index contributed by atoms with van der Waals surface area (Å²) in [6, 6.07) is 4.99. The van der Waals surface area contributed by atoms with Crippen molar-refractivity contribution in [2.75, 3.05) is 6.54 Å². The molecule has 2 N–H and O–H groups in total. The topological polar surface area (TPSA) is 26.0 Å². The zero-order valence-corrected chi connectivity index (χ0v) is 13.1. The monoisotopic (exact) mass is 297 g/mol. The minimum Gasteiger partial charge on any atom is -0.330 e. The molecule has 0 aromatic heterocycles. The quantitative estimate of drug-likeness (QED) is 0.817. The van der Waals surface area contributed by atoms with Gasteiger partial charge in [0.25, 0.3) is 0 Å². The van der Waals surface area contributed by atoms with Crippen LogP contribution in [-0.2, 0) is 6.42 Å². The van der Waals surface area contributed by atoms with E-state index in [0.717, 1.165) is 30.7 Å². The summed E-state index contributed by atoms with van der Waals surface area (Å²) in [4.78, 5) is 0. The number of rotatable bonds is 5. The van der Waals surface area contributed by atoms with Crippen LogP contribution in [0.4, 0.5) is 4.39 Å². The number of hydrogen-bond acceptors (Lipinski definition) is 1. The Hall–Kier alpha value is -0.600. The van der Waals surface area contributed by atoms with Crippen molar-refractivity contribution in [2.24, 2.45) is 17.1 Å². The maximum atomic E-state index is 14.0. The van der Waals surface area contributed by atoms with Gasteiger partial charge in [0.05, 0.1) is 0 Å². The highest BCUT2D eigenvalue weighted by Gasteiger charge is 2.34. The number of hydrogen-bond donors (Lipinski definition) is 1. The SMILES string of the molecule is CCCC1CCC(CN)(Cc2ccc(Cl)cc2F)CC1. The fourth-order valence-corrected chi connectivity index (χ4v) is 3.67. The Kier molecular flexibility index (Phi) is 5.45. The summed E-state index contributed by atoms with van der Waals surface area (Å²) >= 11 is 5.82. The standard InChI is InChI=1S/C17H25ClFN/c1-2-3-13-6-8-17(12-20,9-7-13)11-14-4-5-15(18)10-16(14)19/h4-5,10,13H,2-3,6-9,11-12,20H2,1H3. The lowest BCUT2D eigenvalue weighted by Crippen LogP contribution is -2.37. The van der Waals surface area contributed by atoms with Crippen molar-refractivity contribution in [3.05, 3.63) is 34.6 Å². The molecular weight excluding hydrogens is 273 g/mol. The van der Waals surface area contributed by atoms with E-state index in [1.807, 2.05) is 6.07 Å². The van der Waals surface area contributed by atoms with Gasteiger partial charge < -0.3 is 5.73 Å². The van der Waals surface area contributed by atoms with E-state index in [1.165, 1.54) is 31.7 Å². The summed E-state index contributed by atoms with van der Waals surface area (Å²) in [5, 5.41) is 0.458. The van der Waals surface area contributed by atoms with Gasteiger partial charge in [-0.1, -0.05) is 37.4 Å². The summed E-state index contributed by atoms with van der Waals surface area (Å²) in [6.45, 7) is 2.89. The van der Waals surface area contributed by atoms with E-state index in [-0.39, 0.29) is 11.2 Å². The van der Waals surface area contributed by atoms with Gasteiger partial charge in [0.1, 0.15) is 5.82 Å². The predicted molar refractivity (Wildman–Crippen MR) is 83.5 cm³/mol. The van der Waals surface area contributed by atoms with E-state index in [9.17, 15) is 4.39 Å². The first kappa shape index (κ1) is 15.8. The lowest BCUT2D eigenvalue weighted by molar-refractivity contribution is 0.149. The van der Waals surface area contributed by atoms with Crippen molar-refractivity contribution < 1.29 is 4.39 Å². The fraction of sp³-hybridized carbons (Fsp3) is 0.647. The van der Waals surface area contributed by atoms with Crippen LogP contribution < -0.4 is 5.73 Å². The third-order valence-electron chi connectivity index (χ3n) is 4.88. The van der Waals surface area contributed by atoms with Crippen LogP contribution in [0.3, 0.4) is 0 Å². The van der Waals surface area contributed by atoms with Gasteiger partial charge in [-0.3, -0.25) is 0 Å². The zero-order valence-electron chi connectivity index (χ0n) is 12.3. The fourth-order valence-electron chi connectivity index (χ4n) is 3.51. The Morgan fingerprint density at radius 2 is 2.05 bits per heavy atom. The van der Waals surface area contributed by atoms with Gasteiger partial charge in [0.15, 0.2) is 0 Å². The molecule has 0 spiro atoms. The second kappa shape index (κ2) is 6.91. The first-order valence-corrected chi connectivity index (χ1v) is 8.10. The van der Waals surface area contributed by atoms with Gasteiger partial charge in [-0.05, 0) is 67.7 Å². The Bertz CT molecular complexity index is 439. The normalized spacial score (nSPS) is 26.7. The van der Waals surface area contributed by atoms with E-state index < -0.39 is 0 Å². The smallest absolute Gasteiger partial charge is 0.127 e. The highest BCUT2D eigenvalue weighted by Crippen LogP contribution is 2.42. The molecule has 0 heterocycles. The second-order valence-electron chi connectivity index (χ2n) is 6.35. The summed E-state index contributed by atoms with van der Waals surface area (Å²) in [6.07, 6.45) is 8.03. The molecule has 0 unspecified atom stereocenters. The molecule has 0 saturated heterocycles. The molecule has 3 heteroatoms. The molecule has 0 atom stereocenters. The minimum absolute atomic E-state index is 0.0823. The zero-order chi connectivity index (χ0) is 14.6. The maximum absolute atomic E-state index is 14.0. The van der Waals surface area contributed by atoms with Crippen molar-refractivity contribution in [3.63, 3.8) is 0 Å². The van der Waals surface area contributed by atoms with Gasteiger partial charge in [-0.25, -0.2) is 4.39 Å². The molecular formula is C17H25ClFN. The summed E-state index contributed by atoms with van der Waals surface area (Å²) in [5.41, 5.74) is 6.88. The predicted octanol–water partition coefficient (Wildman–Crippen LogP) is 4.96. The molecule has 0 radical (unpaired) electrons. The average molecular weight is 298 g/mol. The van der Waals surface area contributed by atoms with Gasteiger partial charge >= 0.3 is 0 Å². The van der Waals surface area contributed by atoms with Crippen LogP contribution in [0.15, 0.2) is 18.2 Å². The van der Waals surface area contributed by atoms with E-state index >= 15 is 0 Å². The van der Waals surface area contributed by atoms with Gasteiger partial charge in [0.2, 0.25) is 0 Å². The van der Waals surface area contributed by atoms with Gasteiger partial charge in [0, 0.05) is 5.02 Å². The van der Waals surface area contributed by atoms with Crippen LogP contribution in [0, 0.1) is 17.2 Å². The summed E-state index contributed by atoms with van der Waals surface area (Å²) in [7, 11) is 0. The molecule has 0 aliphatic heterocycles. The molecule has 0 amide bonds. The third kappa shape index (κ3) is 3.73. The summed E-state index contributed by atoms with van der Waals surface area (Å²) in [5.74, 6) is 0.649. The molecule has 1 aromatic carbocycles.